The van der Waals surface area contributed by atoms with Crippen molar-refractivity contribution in [2.75, 3.05) is 11.9 Å². The van der Waals surface area contributed by atoms with Gasteiger partial charge in [-0.2, -0.15) is 5.10 Å². The summed E-state index contributed by atoms with van der Waals surface area (Å²) in [6.07, 6.45) is -0.459. The maximum absolute atomic E-state index is 11.3. The Labute approximate surface area is 91.1 Å². The summed E-state index contributed by atoms with van der Waals surface area (Å²) >= 11 is 0. The molecule has 2 heterocycles. The van der Waals surface area contributed by atoms with Gasteiger partial charge in [0.1, 0.15) is 11.6 Å². The van der Waals surface area contributed by atoms with E-state index < -0.39 is 6.10 Å². The van der Waals surface area contributed by atoms with E-state index in [0.29, 0.717) is 23.8 Å². The van der Waals surface area contributed by atoms with Crippen LogP contribution in [-0.2, 0) is 0 Å². The van der Waals surface area contributed by atoms with E-state index in [-0.39, 0.29) is 5.69 Å². The maximum atomic E-state index is 11.3. The van der Waals surface area contributed by atoms with Gasteiger partial charge in [-0.25, -0.2) is 19.3 Å². The Hall–Kier alpha value is -1.89. The minimum atomic E-state index is -0.459. The Morgan fingerprint density at radius 1 is 1.69 bits per heavy atom. The van der Waals surface area contributed by atoms with Crippen LogP contribution in [0, 0.1) is 6.92 Å². The Kier molecular flexibility index (Phi) is 2.61. The molecular formula is C9H13N5O2. The van der Waals surface area contributed by atoms with Gasteiger partial charge in [0.15, 0.2) is 5.65 Å². The molecule has 0 saturated carbocycles. The van der Waals surface area contributed by atoms with Crippen LogP contribution in [0.25, 0.3) is 5.65 Å². The number of aryl methyl sites for hydroxylation is 1. The Morgan fingerprint density at radius 3 is 3.12 bits per heavy atom. The van der Waals surface area contributed by atoms with E-state index in [1.165, 1.54) is 4.40 Å². The van der Waals surface area contributed by atoms with Crippen LogP contribution in [0.5, 0.6) is 0 Å². The average Bonchev–Trinajstić information content (AvgIpc) is 2.58. The summed E-state index contributed by atoms with van der Waals surface area (Å²) in [5.74, 6) is 1.13. The molecule has 0 aliphatic rings. The lowest BCUT2D eigenvalue weighted by atomic mass is 10.4. The van der Waals surface area contributed by atoms with Crippen LogP contribution in [-0.4, -0.2) is 37.3 Å². The highest BCUT2D eigenvalue weighted by Gasteiger charge is 2.06. The fraction of sp³-hybridized carbons (Fsp3) is 0.444. The van der Waals surface area contributed by atoms with Crippen LogP contribution in [0.3, 0.4) is 0 Å². The molecule has 2 rings (SSSR count). The zero-order valence-corrected chi connectivity index (χ0v) is 9.06. The first-order valence-electron chi connectivity index (χ1n) is 4.94. The summed E-state index contributed by atoms with van der Waals surface area (Å²) in [7, 11) is 0. The first kappa shape index (κ1) is 10.6. The Balaban J connectivity index is 2.39. The van der Waals surface area contributed by atoms with Crippen molar-refractivity contribution in [1.29, 1.82) is 0 Å². The van der Waals surface area contributed by atoms with Crippen LogP contribution in [0.2, 0.25) is 0 Å². The van der Waals surface area contributed by atoms with Gasteiger partial charge in [0.05, 0.1) is 6.10 Å². The first-order valence-corrected chi connectivity index (χ1v) is 4.94. The van der Waals surface area contributed by atoms with Crippen molar-refractivity contribution in [3.05, 3.63) is 22.4 Å². The molecule has 0 saturated heterocycles. The minimum Gasteiger partial charge on any atom is -0.392 e. The van der Waals surface area contributed by atoms with Crippen molar-refractivity contribution in [2.24, 2.45) is 0 Å². The predicted octanol–water partition coefficient (Wildman–Crippen LogP) is -0.481. The summed E-state index contributed by atoms with van der Waals surface area (Å²) in [6.45, 7) is 3.80. The predicted molar refractivity (Wildman–Crippen MR) is 58.5 cm³/mol. The molecule has 0 aliphatic heterocycles. The summed E-state index contributed by atoms with van der Waals surface area (Å²) in [5, 5.41) is 18.3. The molecule has 0 aromatic carbocycles. The van der Waals surface area contributed by atoms with Gasteiger partial charge in [0.25, 0.3) is 0 Å². The third-order valence-corrected chi connectivity index (χ3v) is 2.15. The second-order valence-electron chi connectivity index (χ2n) is 3.64. The molecule has 3 N–H and O–H groups in total. The number of nitrogens with zero attached hydrogens (tertiary/aromatic N) is 3. The van der Waals surface area contributed by atoms with E-state index in [1.807, 2.05) is 0 Å². The topological polar surface area (TPSA) is 95.3 Å². The van der Waals surface area contributed by atoms with Gasteiger partial charge in [-0.15, -0.1) is 0 Å². The highest BCUT2D eigenvalue weighted by atomic mass is 16.3. The van der Waals surface area contributed by atoms with Gasteiger partial charge < -0.3 is 10.4 Å². The number of rotatable bonds is 3. The molecule has 1 atom stereocenters. The number of hydrogen-bond acceptors (Lipinski definition) is 5. The second kappa shape index (κ2) is 3.93. The number of nitrogens with one attached hydrogen (secondary N) is 2. The number of aromatic amines is 1. The fourth-order valence-corrected chi connectivity index (χ4v) is 1.44. The zero-order valence-electron chi connectivity index (χ0n) is 9.06. The monoisotopic (exact) mass is 223 g/mol. The van der Waals surface area contributed by atoms with Gasteiger partial charge in [-0.1, -0.05) is 0 Å². The molecule has 0 aliphatic carbocycles. The zero-order chi connectivity index (χ0) is 11.7. The summed E-state index contributed by atoms with van der Waals surface area (Å²) in [4.78, 5) is 15.5. The van der Waals surface area contributed by atoms with Gasteiger partial charge in [-0.05, 0) is 13.8 Å². The summed E-state index contributed by atoms with van der Waals surface area (Å²) in [5.41, 5.74) is 0.202. The van der Waals surface area contributed by atoms with Crippen molar-refractivity contribution < 1.29 is 5.11 Å². The quantitative estimate of drug-likeness (QED) is 0.653. The second-order valence-corrected chi connectivity index (χ2v) is 3.64. The van der Waals surface area contributed by atoms with Crippen LogP contribution in [0.15, 0.2) is 10.9 Å². The standard InChI is InChI=1S/C9H13N5O2/c1-5(15)4-10-7-3-8-12-13-9(16)14(8)6(2)11-7/h3,5,10,15H,4H2,1-2H3,(H,13,16). The Bertz CT molecular complexity index is 557. The Morgan fingerprint density at radius 2 is 2.44 bits per heavy atom. The van der Waals surface area contributed by atoms with Crippen molar-refractivity contribution in [3.8, 4) is 0 Å². The lowest BCUT2D eigenvalue weighted by Crippen LogP contribution is -2.18. The lowest BCUT2D eigenvalue weighted by Gasteiger charge is -2.08. The number of H-pyrrole nitrogens is 1. The molecular weight excluding hydrogens is 210 g/mol. The molecule has 86 valence electrons. The third kappa shape index (κ3) is 1.89. The van der Waals surface area contributed by atoms with Crippen LogP contribution >= 0.6 is 0 Å². The molecule has 0 bridgehead atoms. The van der Waals surface area contributed by atoms with Crippen molar-refractivity contribution in [3.63, 3.8) is 0 Å². The molecule has 0 radical (unpaired) electrons. The molecule has 7 heteroatoms. The number of fused-ring (bicyclic) bond motifs is 1. The van der Waals surface area contributed by atoms with Gasteiger partial charge in [0.2, 0.25) is 0 Å². The molecule has 16 heavy (non-hydrogen) atoms. The maximum Gasteiger partial charge on any atom is 0.349 e. The number of anilines is 1. The van der Waals surface area contributed by atoms with E-state index in [4.69, 9.17) is 5.11 Å². The normalized spacial score (nSPS) is 12.9. The molecule has 0 spiro atoms. The SMILES string of the molecule is Cc1nc(NCC(C)O)cc2n[nH]c(=O)n12. The van der Waals surface area contributed by atoms with E-state index in [2.05, 4.69) is 20.5 Å². The highest BCUT2D eigenvalue weighted by molar-refractivity contribution is 5.49. The smallest absolute Gasteiger partial charge is 0.349 e. The average molecular weight is 223 g/mol. The molecule has 2 aromatic rings. The van der Waals surface area contributed by atoms with Crippen LogP contribution in [0.1, 0.15) is 12.7 Å². The van der Waals surface area contributed by atoms with Gasteiger partial charge in [-0.3, -0.25) is 0 Å². The first-order chi connectivity index (χ1) is 7.58. The van der Waals surface area contributed by atoms with Crippen LogP contribution in [0.4, 0.5) is 5.82 Å². The van der Waals surface area contributed by atoms with Gasteiger partial charge >= 0.3 is 5.69 Å². The third-order valence-electron chi connectivity index (χ3n) is 2.15. The largest absolute Gasteiger partial charge is 0.392 e. The van der Waals surface area contributed by atoms with Crippen LogP contribution < -0.4 is 11.0 Å². The minimum absolute atomic E-state index is 0.304. The van der Waals surface area contributed by atoms with E-state index in [9.17, 15) is 4.79 Å². The fourth-order valence-electron chi connectivity index (χ4n) is 1.44. The lowest BCUT2D eigenvalue weighted by molar-refractivity contribution is 0.208. The molecule has 0 fully saturated rings. The van der Waals surface area contributed by atoms with Crippen molar-refractivity contribution >= 4 is 11.5 Å². The number of aliphatic hydroxyl groups is 1. The van der Waals surface area contributed by atoms with Crippen molar-refractivity contribution in [2.45, 2.75) is 20.0 Å². The molecule has 7 nitrogen and oxygen atoms in total. The molecule has 0 amide bonds. The van der Waals surface area contributed by atoms with E-state index in [0.717, 1.165) is 0 Å². The summed E-state index contributed by atoms with van der Waals surface area (Å²) in [6, 6.07) is 1.65. The van der Waals surface area contributed by atoms with E-state index in [1.54, 1.807) is 19.9 Å². The number of aliphatic hydroxyl groups excluding tert-OH is 1. The molecule has 2 aromatic heterocycles. The van der Waals surface area contributed by atoms with E-state index >= 15 is 0 Å². The number of aromatic nitrogens is 4. The summed E-state index contributed by atoms with van der Waals surface area (Å²) < 4.78 is 1.38. The number of hydrogen-bond donors (Lipinski definition) is 3. The highest BCUT2D eigenvalue weighted by Crippen LogP contribution is 2.07. The van der Waals surface area contributed by atoms with Crippen molar-refractivity contribution in [1.82, 2.24) is 19.6 Å². The van der Waals surface area contributed by atoms with Gasteiger partial charge in [0, 0.05) is 12.6 Å². The molecule has 1 unspecified atom stereocenters.